The number of nitrogens with zero attached hydrogens (tertiary/aromatic N) is 1. The Morgan fingerprint density at radius 1 is 1.45 bits per heavy atom. The third-order valence-electron chi connectivity index (χ3n) is 3.08. The van der Waals surface area contributed by atoms with E-state index in [1.807, 2.05) is 0 Å². The number of carbonyl (C=O) groups is 2. The van der Waals surface area contributed by atoms with Gasteiger partial charge in [0.15, 0.2) is 0 Å². The summed E-state index contributed by atoms with van der Waals surface area (Å²) in [6, 6.07) is 4.79. The first-order valence-electron chi connectivity index (χ1n) is 6.77. The zero-order valence-corrected chi connectivity index (χ0v) is 13.3. The molecule has 118 valence electrons. The highest BCUT2D eigenvalue weighted by Gasteiger charge is 2.18. The van der Waals surface area contributed by atoms with Crippen LogP contribution in [0.5, 0.6) is 5.75 Å². The van der Waals surface area contributed by atoms with Crippen molar-refractivity contribution in [1.29, 1.82) is 0 Å². The second-order valence-corrected chi connectivity index (χ2v) is 5.66. The van der Waals surface area contributed by atoms with Crippen molar-refractivity contribution in [2.45, 2.75) is 18.9 Å². The second-order valence-electron chi connectivity index (χ2n) is 4.75. The van der Waals surface area contributed by atoms with Gasteiger partial charge in [0.25, 0.3) is 0 Å². The summed E-state index contributed by atoms with van der Waals surface area (Å²) in [4.78, 5) is 23.1. The van der Waals surface area contributed by atoms with Gasteiger partial charge in [-0.15, -0.1) is 0 Å². The van der Waals surface area contributed by atoms with Crippen LogP contribution in [-0.2, 0) is 14.3 Å². The lowest BCUT2D eigenvalue weighted by Gasteiger charge is -2.09. The fraction of sp³-hybridized carbons (Fsp3) is 0.357. The summed E-state index contributed by atoms with van der Waals surface area (Å²) in [5.41, 5.74) is 2.52. The van der Waals surface area contributed by atoms with Crippen molar-refractivity contribution >= 4 is 34.0 Å². The summed E-state index contributed by atoms with van der Waals surface area (Å²) in [6.45, 7) is 0.996. The predicted molar refractivity (Wildman–Crippen MR) is 83.5 cm³/mol. The number of hydrogen-bond donors (Lipinski definition) is 3. The van der Waals surface area contributed by atoms with Gasteiger partial charge in [-0.1, -0.05) is 15.9 Å². The van der Waals surface area contributed by atoms with Crippen molar-refractivity contribution in [3.8, 4) is 5.75 Å². The van der Waals surface area contributed by atoms with Crippen molar-refractivity contribution in [3.05, 3.63) is 28.2 Å². The van der Waals surface area contributed by atoms with Crippen LogP contribution in [0, 0.1) is 0 Å². The van der Waals surface area contributed by atoms with E-state index >= 15 is 0 Å². The standard InChI is InChI=1S/C14H16BrN3O4/c15-10-3-4-12(19)9(6-10)7-17-18-14(21)13(20)16-8-11-2-1-5-22-11/h3-4,6-7,11,19H,1-2,5,8H2,(H,16,20)(H,18,21)/b17-7+/t11-/m0/s1. The molecule has 2 rings (SSSR count). The van der Waals surface area contributed by atoms with Crippen LogP contribution in [0.2, 0.25) is 0 Å². The Kier molecular flexibility index (Phi) is 5.91. The number of hydrazone groups is 1. The number of aromatic hydroxyl groups is 1. The maximum atomic E-state index is 11.6. The van der Waals surface area contributed by atoms with E-state index in [1.54, 1.807) is 12.1 Å². The fourth-order valence-electron chi connectivity index (χ4n) is 1.93. The summed E-state index contributed by atoms with van der Waals surface area (Å²) in [5.74, 6) is -1.63. The van der Waals surface area contributed by atoms with Crippen LogP contribution in [0.1, 0.15) is 18.4 Å². The Bertz CT molecular complexity index is 585. The number of phenolic OH excluding ortho intramolecular Hbond substituents is 1. The smallest absolute Gasteiger partial charge is 0.329 e. The van der Waals surface area contributed by atoms with Gasteiger partial charge < -0.3 is 15.2 Å². The molecule has 2 amide bonds. The van der Waals surface area contributed by atoms with E-state index < -0.39 is 11.8 Å². The molecule has 8 heteroatoms. The van der Waals surface area contributed by atoms with Gasteiger partial charge in [-0.2, -0.15) is 5.10 Å². The van der Waals surface area contributed by atoms with Gasteiger partial charge in [0, 0.05) is 23.2 Å². The first-order valence-corrected chi connectivity index (χ1v) is 7.57. The maximum absolute atomic E-state index is 11.6. The normalized spacial score (nSPS) is 17.6. The molecule has 0 unspecified atom stereocenters. The average molecular weight is 370 g/mol. The molecule has 1 atom stereocenters. The molecular weight excluding hydrogens is 354 g/mol. The number of benzene rings is 1. The molecule has 0 spiro atoms. The number of phenols is 1. The molecule has 1 aliphatic rings. The molecule has 1 fully saturated rings. The van der Waals surface area contributed by atoms with E-state index in [4.69, 9.17) is 4.74 Å². The summed E-state index contributed by atoms with van der Waals surface area (Å²) >= 11 is 3.26. The molecule has 0 aliphatic carbocycles. The maximum Gasteiger partial charge on any atom is 0.329 e. The Morgan fingerprint density at radius 2 is 2.27 bits per heavy atom. The number of nitrogens with one attached hydrogen (secondary N) is 2. The summed E-state index contributed by atoms with van der Waals surface area (Å²) in [6.07, 6.45) is 3.07. The summed E-state index contributed by atoms with van der Waals surface area (Å²) < 4.78 is 6.09. The molecule has 0 aromatic heterocycles. The molecule has 1 saturated heterocycles. The van der Waals surface area contributed by atoms with Crippen LogP contribution in [0.3, 0.4) is 0 Å². The SMILES string of the molecule is O=C(NC[C@@H]1CCCO1)C(=O)N/N=C/c1cc(Br)ccc1O. The van der Waals surface area contributed by atoms with E-state index in [2.05, 4.69) is 31.8 Å². The minimum Gasteiger partial charge on any atom is -0.507 e. The van der Waals surface area contributed by atoms with Crippen molar-refractivity contribution in [2.24, 2.45) is 5.10 Å². The Hall–Kier alpha value is -1.93. The molecule has 1 heterocycles. The number of rotatable bonds is 4. The molecule has 22 heavy (non-hydrogen) atoms. The molecule has 1 aromatic carbocycles. The van der Waals surface area contributed by atoms with Gasteiger partial charge >= 0.3 is 11.8 Å². The van der Waals surface area contributed by atoms with Crippen molar-refractivity contribution in [3.63, 3.8) is 0 Å². The monoisotopic (exact) mass is 369 g/mol. The lowest BCUT2D eigenvalue weighted by atomic mass is 10.2. The number of hydrogen-bond acceptors (Lipinski definition) is 5. The molecule has 0 saturated carbocycles. The highest BCUT2D eigenvalue weighted by Crippen LogP contribution is 2.19. The Morgan fingerprint density at radius 3 is 3.00 bits per heavy atom. The Balaban J connectivity index is 1.79. The van der Waals surface area contributed by atoms with Gasteiger partial charge in [-0.3, -0.25) is 9.59 Å². The summed E-state index contributed by atoms with van der Waals surface area (Å²) in [5, 5.41) is 15.7. The van der Waals surface area contributed by atoms with E-state index in [1.165, 1.54) is 12.3 Å². The number of halogens is 1. The third kappa shape index (κ3) is 4.81. The largest absolute Gasteiger partial charge is 0.507 e. The summed E-state index contributed by atoms with van der Waals surface area (Å²) in [7, 11) is 0. The predicted octanol–water partition coefficient (Wildman–Crippen LogP) is 0.900. The third-order valence-corrected chi connectivity index (χ3v) is 3.57. The van der Waals surface area contributed by atoms with Gasteiger partial charge in [-0.25, -0.2) is 5.43 Å². The quantitative estimate of drug-likeness (QED) is 0.417. The fourth-order valence-corrected chi connectivity index (χ4v) is 2.31. The zero-order chi connectivity index (χ0) is 15.9. The molecule has 0 radical (unpaired) electrons. The molecule has 7 nitrogen and oxygen atoms in total. The molecule has 3 N–H and O–H groups in total. The molecule has 1 aliphatic heterocycles. The van der Waals surface area contributed by atoms with Gasteiger partial charge in [0.05, 0.1) is 12.3 Å². The zero-order valence-electron chi connectivity index (χ0n) is 11.7. The van der Waals surface area contributed by atoms with Crippen LogP contribution in [0.25, 0.3) is 0 Å². The van der Waals surface area contributed by atoms with E-state index in [0.29, 0.717) is 18.7 Å². The second kappa shape index (κ2) is 7.90. The molecular formula is C14H16BrN3O4. The van der Waals surface area contributed by atoms with Crippen molar-refractivity contribution < 1.29 is 19.4 Å². The van der Waals surface area contributed by atoms with Crippen LogP contribution in [-0.4, -0.2) is 42.4 Å². The number of carbonyl (C=O) groups excluding carboxylic acids is 2. The lowest BCUT2D eigenvalue weighted by molar-refractivity contribution is -0.139. The van der Waals surface area contributed by atoms with E-state index in [-0.39, 0.29) is 11.9 Å². The van der Waals surface area contributed by atoms with Crippen LogP contribution in [0.15, 0.2) is 27.8 Å². The Labute approximate surface area is 135 Å². The van der Waals surface area contributed by atoms with Crippen LogP contribution in [0.4, 0.5) is 0 Å². The van der Waals surface area contributed by atoms with E-state index in [9.17, 15) is 14.7 Å². The van der Waals surface area contributed by atoms with Gasteiger partial charge in [0.2, 0.25) is 0 Å². The van der Waals surface area contributed by atoms with Crippen LogP contribution >= 0.6 is 15.9 Å². The number of ether oxygens (including phenoxy) is 1. The van der Waals surface area contributed by atoms with Crippen molar-refractivity contribution in [1.82, 2.24) is 10.7 Å². The lowest BCUT2D eigenvalue weighted by Crippen LogP contribution is -2.41. The van der Waals surface area contributed by atoms with Gasteiger partial charge in [-0.05, 0) is 31.0 Å². The topological polar surface area (TPSA) is 100 Å². The van der Waals surface area contributed by atoms with E-state index in [0.717, 1.165) is 17.3 Å². The highest BCUT2D eigenvalue weighted by molar-refractivity contribution is 9.10. The average Bonchev–Trinajstić information content (AvgIpc) is 3.01. The van der Waals surface area contributed by atoms with Crippen LogP contribution < -0.4 is 10.7 Å². The highest BCUT2D eigenvalue weighted by atomic mass is 79.9. The first-order chi connectivity index (χ1) is 10.6. The minimum atomic E-state index is -0.872. The van der Waals surface area contributed by atoms with Crippen molar-refractivity contribution in [2.75, 3.05) is 13.2 Å². The minimum absolute atomic E-state index is 0.0176. The molecule has 1 aromatic rings. The number of amides is 2. The molecule has 0 bridgehead atoms. The first kappa shape index (κ1) is 16.4. The van der Waals surface area contributed by atoms with Gasteiger partial charge in [0.1, 0.15) is 5.75 Å².